The maximum Gasteiger partial charge on any atom is 0.265 e. The SMILES string of the molecule is Cc1cc(C(=O)NN)c(C)c(C)c1C. The van der Waals surface area contributed by atoms with E-state index in [0.717, 1.165) is 16.7 Å². The molecule has 0 unspecified atom stereocenters. The minimum absolute atomic E-state index is 0.228. The van der Waals surface area contributed by atoms with E-state index in [1.165, 1.54) is 5.56 Å². The Morgan fingerprint density at radius 3 is 2.21 bits per heavy atom. The number of hydrazine groups is 1. The summed E-state index contributed by atoms with van der Waals surface area (Å²) in [4.78, 5) is 11.4. The standard InChI is InChI=1S/C11H16N2O/c1-6-5-10(11(14)13-12)9(4)8(3)7(6)2/h5H,12H2,1-4H3,(H,13,14). The molecule has 0 aliphatic carbocycles. The Morgan fingerprint density at radius 2 is 1.71 bits per heavy atom. The third kappa shape index (κ3) is 1.63. The molecule has 0 aliphatic rings. The first kappa shape index (κ1) is 10.7. The second-order valence-corrected chi connectivity index (χ2v) is 3.59. The molecule has 0 aromatic heterocycles. The van der Waals surface area contributed by atoms with Crippen LogP contribution in [-0.2, 0) is 0 Å². The summed E-state index contributed by atoms with van der Waals surface area (Å²) in [6, 6.07) is 1.87. The highest BCUT2D eigenvalue weighted by molar-refractivity contribution is 5.95. The van der Waals surface area contributed by atoms with Crippen LogP contribution in [0.2, 0.25) is 0 Å². The number of rotatable bonds is 1. The fraction of sp³-hybridized carbons (Fsp3) is 0.364. The Labute approximate surface area is 84.3 Å². The zero-order valence-electron chi connectivity index (χ0n) is 9.06. The van der Waals surface area contributed by atoms with Crippen LogP contribution in [0.25, 0.3) is 0 Å². The van der Waals surface area contributed by atoms with Gasteiger partial charge in [0.1, 0.15) is 0 Å². The first-order valence-electron chi connectivity index (χ1n) is 4.57. The summed E-state index contributed by atoms with van der Waals surface area (Å²) in [5.74, 6) is 4.88. The van der Waals surface area contributed by atoms with Gasteiger partial charge in [0.2, 0.25) is 0 Å². The van der Waals surface area contributed by atoms with Crippen LogP contribution < -0.4 is 11.3 Å². The van der Waals surface area contributed by atoms with Crippen LogP contribution in [0.1, 0.15) is 32.6 Å². The van der Waals surface area contributed by atoms with E-state index in [0.29, 0.717) is 5.56 Å². The van der Waals surface area contributed by atoms with E-state index in [1.807, 2.05) is 26.8 Å². The van der Waals surface area contributed by atoms with Crippen molar-refractivity contribution < 1.29 is 4.79 Å². The lowest BCUT2D eigenvalue weighted by atomic mass is 9.94. The Hall–Kier alpha value is -1.35. The first-order valence-corrected chi connectivity index (χ1v) is 4.57. The largest absolute Gasteiger partial charge is 0.290 e. The molecular formula is C11H16N2O. The lowest BCUT2D eigenvalue weighted by Gasteiger charge is -2.12. The number of nitrogens with one attached hydrogen (secondary N) is 1. The van der Waals surface area contributed by atoms with Gasteiger partial charge >= 0.3 is 0 Å². The number of carbonyl (C=O) groups is 1. The van der Waals surface area contributed by atoms with Crippen LogP contribution in [0.15, 0.2) is 6.07 Å². The summed E-state index contributed by atoms with van der Waals surface area (Å²) < 4.78 is 0. The molecular weight excluding hydrogens is 176 g/mol. The third-order valence-corrected chi connectivity index (χ3v) is 2.86. The predicted octanol–water partition coefficient (Wildman–Crippen LogP) is 1.52. The molecule has 0 saturated heterocycles. The number of amides is 1. The fourth-order valence-electron chi connectivity index (χ4n) is 1.53. The molecule has 0 heterocycles. The summed E-state index contributed by atoms with van der Waals surface area (Å²) in [5, 5.41) is 0. The lowest BCUT2D eigenvalue weighted by molar-refractivity contribution is 0.0953. The van der Waals surface area contributed by atoms with Crippen LogP contribution in [0.3, 0.4) is 0 Å². The molecule has 3 heteroatoms. The monoisotopic (exact) mass is 192 g/mol. The van der Waals surface area contributed by atoms with Gasteiger partial charge in [0.25, 0.3) is 5.91 Å². The molecule has 0 saturated carbocycles. The maximum atomic E-state index is 11.4. The van der Waals surface area contributed by atoms with Gasteiger partial charge in [-0.25, -0.2) is 5.84 Å². The smallest absolute Gasteiger partial charge is 0.265 e. The number of aryl methyl sites for hydroxylation is 1. The van der Waals surface area contributed by atoms with Gasteiger partial charge in [-0.1, -0.05) is 0 Å². The van der Waals surface area contributed by atoms with Crippen molar-refractivity contribution in [1.29, 1.82) is 0 Å². The lowest BCUT2D eigenvalue weighted by Crippen LogP contribution is -2.30. The number of hydrogen-bond acceptors (Lipinski definition) is 2. The van der Waals surface area contributed by atoms with E-state index in [4.69, 9.17) is 5.84 Å². The Bertz CT molecular complexity index is 383. The zero-order valence-corrected chi connectivity index (χ0v) is 9.06. The van der Waals surface area contributed by atoms with Gasteiger partial charge in [0.05, 0.1) is 0 Å². The van der Waals surface area contributed by atoms with Crippen LogP contribution in [0, 0.1) is 27.7 Å². The quantitative estimate of drug-likeness (QED) is 0.402. The summed E-state index contributed by atoms with van der Waals surface area (Å²) >= 11 is 0. The highest BCUT2D eigenvalue weighted by atomic mass is 16.2. The van der Waals surface area contributed by atoms with Crippen LogP contribution in [-0.4, -0.2) is 5.91 Å². The Kier molecular flexibility index (Phi) is 2.91. The van der Waals surface area contributed by atoms with Crippen molar-refractivity contribution in [2.24, 2.45) is 5.84 Å². The average molecular weight is 192 g/mol. The van der Waals surface area contributed by atoms with Crippen molar-refractivity contribution in [3.63, 3.8) is 0 Å². The molecule has 3 nitrogen and oxygen atoms in total. The minimum Gasteiger partial charge on any atom is -0.290 e. The van der Waals surface area contributed by atoms with E-state index < -0.39 is 0 Å². The number of hydrogen-bond donors (Lipinski definition) is 2. The van der Waals surface area contributed by atoms with Crippen LogP contribution >= 0.6 is 0 Å². The molecule has 1 aromatic carbocycles. The summed E-state index contributed by atoms with van der Waals surface area (Å²) in [7, 11) is 0. The molecule has 0 aliphatic heterocycles. The number of nitrogen functional groups attached to an aromatic ring is 1. The fourth-order valence-corrected chi connectivity index (χ4v) is 1.53. The van der Waals surface area contributed by atoms with Gasteiger partial charge < -0.3 is 0 Å². The maximum absolute atomic E-state index is 11.4. The van der Waals surface area contributed by atoms with Crippen LogP contribution in [0.4, 0.5) is 0 Å². The van der Waals surface area contributed by atoms with Crippen molar-refractivity contribution >= 4 is 5.91 Å². The van der Waals surface area contributed by atoms with E-state index >= 15 is 0 Å². The van der Waals surface area contributed by atoms with Crippen molar-refractivity contribution in [2.75, 3.05) is 0 Å². The first-order chi connectivity index (χ1) is 6.49. The van der Waals surface area contributed by atoms with Crippen molar-refractivity contribution in [3.05, 3.63) is 33.9 Å². The third-order valence-electron chi connectivity index (χ3n) is 2.86. The Balaban J connectivity index is 3.40. The topological polar surface area (TPSA) is 55.1 Å². The van der Waals surface area contributed by atoms with E-state index in [1.54, 1.807) is 0 Å². The highest BCUT2D eigenvalue weighted by Crippen LogP contribution is 2.20. The molecule has 0 fully saturated rings. The van der Waals surface area contributed by atoms with Gasteiger partial charge in [0.15, 0.2) is 0 Å². The normalized spacial score (nSPS) is 10.1. The number of benzene rings is 1. The molecule has 3 N–H and O–H groups in total. The number of nitrogens with two attached hydrogens (primary N) is 1. The van der Waals surface area contributed by atoms with Gasteiger partial charge in [0, 0.05) is 5.56 Å². The molecule has 0 atom stereocenters. The van der Waals surface area contributed by atoms with Gasteiger partial charge in [-0.3, -0.25) is 10.2 Å². The van der Waals surface area contributed by atoms with Crippen LogP contribution in [0.5, 0.6) is 0 Å². The van der Waals surface area contributed by atoms with Gasteiger partial charge in [-0.2, -0.15) is 0 Å². The highest BCUT2D eigenvalue weighted by Gasteiger charge is 2.12. The molecule has 0 spiro atoms. The molecule has 1 rings (SSSR count). The predicted molar refractivity (Wildman–Crippen MR) is 57.0 cm³/mol. The van der Waals surface area contributed by atoms with Crippen molar-refractivity contribution in [3.8, 4) is 0 Å². The zero-order chi connectivity index (χ0) is 10.9. The second-order valence-electron chi connectivity index (χ2n) is 3.59. The molecule has 1 aromatic rings. The molecule has 1 amide bonds. The van der Waals surface area contributed by atoms with Gasteiger partial charge in [-0.05, 0) is 56.0 Å². The second kappa shape index (κ2) is 3.80. The molecule has 0 bridgehead atoms. The van der Waals surface area contributed by atoms with E-state index in [-0.39, 0.29) is 5.91 Å². The van der Waals surface area contributed by atoms with Gasteiger partial charge in [-0.15, -0.1) is 0 Å². The molecule has 14 heavy (non-hydrogen) atoms. The van der Waals surface area contributed by atoms with Crippen molar-refractivity contribution in [2.45, 2.75) is 27.7 Å². The Morgan fingerprint density at radius 1 is 1.14 bits per heavy atom. The van der Waals surface area contributed by atoms with Crippen molar-refractivity contribution in [1.82, 2.24) is 5.43 Å². The minimum atomic E-state index is -0.228. The molecule has 76 valence electrons. The van der Waals surface area contributed by atoms with E-state index in [2.05, 4.69) is 12.3 Å². The average Bonchev–Trinajstić information content (AvgIpc) is 2.19. The molecule has 0 radical (unpaired) electrons. The summed E-state index contributed by atoms with van der Waals surface area (Å²) in [5.41, 5.74) is 7.32. The summed E-state index contributed by atoms with van der Waals surface area (Å²) in [6.07, 6.45) is 0. The van der Waals surface area contributed by atoms with E-state index in [9.17, 15) is 4.79 Å². The summed E-state index contributed by atoms with van der Waals surface area (Å²) in [6.45, 7) is 8.01. The number of carbonyl (C=O) groups excluding carboxylic acids is 1.